The van der Waals surface area contributed by atoms with Crippen LogP contribution in [0.4, 0.5) is 0 Å². The van der Waals surface area contributed by atoms with Gasteiger partial charge >= 0.3 is 30.0 Å². The Kier molecular flexibility index (Phi) is 6.60. The Morgan fingerprint density at radius 1 is 1.71 bits per heavy atom. The van der Waals surface area contributed by atoms with E-state index < -0.39 is 0 Å². The monoisotopic (exact) mass is 210 g/mol. The van der Waals surface area contributed by atoms with Gasteiger partial charge in [0.15, 0.2) is 0 Å². The quantitative estimate of drug-likeness (QED) is 0.505. The minimum absolute atomic E-state index is 1.19. The Labute approximate surface area is 58.8 Å². The van der Waals surface area contributed by atoms with E-state index in [9.17, 15) is 0 Å². The van der Waals surface area contributed by atoms with Gasteiger partial charge in [0.2, 0.25) is 0 Å². The molecule has 1 aromatic rings. The molecule has 0 spiro atoms. The predicted molar refractivity (Wildman–Crippen MR) is 26.4 cm³/mol. The van der Waals surface area contributed by atoms with Gasteiger partial charge in [-0.05, 0) is 6.33 Å². The normalized spacial score (nSPS) is 6.71. The van der Waals surface area contributed by atoms with Gasteiger partial charge in [0.1, 0.15) is 0 Å². The largest absolute Gasteiger partial charge is 0.467 e. The summed E-state index contributed by atoms with van der Waals surface area (Å²) in [4.78, 5) is 6.17. The molecule has 0 aliphatic rings. The van der Waals surface area contributed by atoms with Crippen molar-refractivity contribution in [3.63, 3.8) is 0 Å². The third kappa shape index (κ3) is 4.16. The molecular weight excluding hydrogens is 209 g/mol. The van der Waals surface area contributed by atoms with Crippen molar-refractivity contribution in [1.82, 2.24) is 9.97 Å². The zero-order valence-corrected chi connectivity index (χ0v) is 8.24. The number of halogens is 1. The van der Waals surface area contributed by atoms with Crippen molar-refractivity contribution < 1.29 is 16.3 Å². The number of hydrogen-bond acceptors (Lipinski definition) is 1. The van der Waals surface area contributed by atoms with E-state index in [4.69, 9.17) is 0 Å². The molecule has 4 heteroatoms. The Balaban J connectivity index is 0.000000162. The van der Waals surface area contributed by atoms with Crippen LogP contribution in [-0.2, 0) is 16.3 Å². The number of hydrogen-bond donors (Lipinski definition) is 1. The predicted octanol–water partition coefficient (Wildman–Crippen LogP) is 1.05. The molecule has 1 rings (SSSR count). The molecule has 0 aliphatic carbocycles. The van der Waals surface area contributed by atoms with Gasteiger partial charge in [-0.3, -0.25) is 0 Å². The van der Waals surface area contributed by atoms with Crippen LogP contribution < -0.4 is 0 Å². The number of nitrogens with zero attached hydrogens (tertiary/aromatic N) is 1. The van der Waals surface area contributed by atoms with Crippen LogP contribution in [0.15, 0.2) is 12.4 Å². The van der Waals surface area contributed by atoms with E-state index in [0.29, 0.717) is 0 Å². The molecule has 0 radical (unpaired) electrons. The first kappa shape index (κ1) is 7.31. The van der Waals surface area contributed by atoms with Crippen LogP contribution in [0.1, 0.15) is 0 Å². The van der Waals surface area contributed by atoms with Crippen molar-refractivity contribution in [3.8, 4) is 0 Å². The van der Waals surface area contributed by atoms with Gasteiger partial charge in [-0.25, -0.2) is 0 Å². The molecule has 34 valence electrons. The third-order valence-electron chi connectivity index (χ3n) is 0.362. The first-order valence-corrected chi connectivity index (χ1v) is 8.57. The van der Waals surface area contributed by atoms with Crippen molar-refractivity contribution >= 4 is 13.6 Å². The third-order valence-corrected chi connectivity index (χ3v) is 0.362. The summed E-state index contributed by atoms with van der Waals surface area (Å²) >= 11 is 4.25. The van der Waals surface area contributed by atoms with Crippen LogP contribution >= 0.6 is 13.6 Å². The molecule has 7 heavy (non-hydrogen) atoms. The van der Waals surface area contributed by atoms with E-state index in [0.717, 1.165) is 0 Å². The van der Waals surface area contributed by atoms with Crippen LogP contribution in [0, 0.1) is 6.33 Å². The molecule has 0 saturated carbocycles. The van der Waals surface area contributed by atoms with E-state index in [2.05, 4.69) is 29.9 Å². The molecule has 0 fully saturated rings. The molecule has 1 aromatic heterocycles. The van der Waals surface area contributed by atoms with Crippen LogP contribution in [-0.4, -0.2) is 9.97 Å². The van der Waals surface area contributed by atoms with Gasteiger partial charge in [0, 0.05) is 0 Å². The summed E-state index contributed by atoms with van der Waals surface area (Å²) in [5.41, 5.74) is 0. The van der Waals surface area contributed by atoms with Crippen LogP contribution in [0.2, 0.25) is 0 Å². The van der Waals surface area contributed by atoms with E-state index in [1.54, 1.807) is 12.4 Å². The molecular formula is C3H3BrN2Zn. The van der Waals surface area contributed by atoms with Crippen molar-refractivity contribution in [2.45, 2.75) is 0 Å². The number of aromatic amines is 1. The zero-order valence-electron chi connectivity index (χ0n) is 3.69. The molecule has 2 nitrogen and oxygen atoms in total. The number of imidazole rings is 1. The molecule has 0 saturated heterocycles. The summed E-state index contributed by atoms with van der Waals surface area (Å²) in [7, 11) is 0. The SMILES string of the molecule is [Zn+][Br].[c-]1ncc[nH]1. The van der Waals surface area contributed by atoms with Crippen molar-refractivity contribution in [1.29, 1.82) is 0 Å². The number of aromatic nitrogens is 2. The minimum Gasteiger partial charge on any atom is -0.467 e. The topological polar surface area (TPSA) is 28.7 Å². The van der Waals surface area contributed by atoms with Gasteiger partial charge in [-0.15, -0.1) is 12.4 Å². The molecule has 1 heterocycles. The van der Waals surface area contributed by atoms with E-state index in [1.165, 1.54) is 16.3 Å². The van der Waals surface area contributed by atoms with Crippen LogP contribution in [0.5, 0.6) is 0 Å². The molecule has 0 aliphatic heterocycles. The fourth-order valence-electron chi connectivity index (χ4n) is 0.186. The van der Waals surface area contributed by atoms with Gasteiger partial charge in [-0.1, -0.05) is 0 Å². The number of rotatable bonds is 0. The fourth-order valence-corrected chi connectivity index (χ4v) is 0.186. The van der Waals surface area contributed by atoms with Gasteiger partial charge < -0.3 is 9.97 Å². The van der Waals surface area contributed by atoms with Crippen LogP contribution in [0.3, 0.4) is 0 Å². The Bertz CT molecular complexity index is 69.4. The summed E-state index contributed by atoms with van der Waals surface area (Å²) in [6.07, 6.45) is 5.83. The van der Waals surface area contributed by atoms with E-state index in [1.807, 2.05) is 0 Å². The average Bonchev–Trinajstić information content (AvgIpc) is 2.23. The summed E-state index contributed by atoms with van der Waals surface area (Å²) in [6, 6.07) is 0. The van der Waals surface area contributed by atoms with Gasteiger partial charge in [0.25, 0.3) is 0 Å². The Morgan fingerprint density at radius 3 is 2.57 bits per heavy atom. The van der Waals surface area contributed by atoms with Gasteiger partial charge in [0.05, 0.1) is 0 Å². The van der Waals surface area contributed by atoms with E-state index >= 15 is 0 Å². The van der Waals surface area contributed by atoms with Crippen molar-refractivity contribution in [3.05, 3.63) is 18.7 Å². The molecule has 1 N–H and O–H groups in total. The smallest absolute Gasteiger partial charge is 0.00235 e. The van der Waals surface area contributed by atoms with Crippen molar-refractivity contribution in [2.24, 2.45) is 0 Å². The second-order valence-corrected chi connectivity index (χ2v) is 0.701. The van der Waals surface area contributed by atoms with Gasteiger partial charge in [-0.2, -0.15) is 0 Å². The first-order valence-electron chi connectivity index (χ1n) is 1.62. The molecule has 0 atom stereocenters. The Morgan fingerprint density at radius 2 is 2.43 bits per heavy atom. The Hall–Kier alpha value is 0.313. The zero-order chi connectivity index (χ0) is 5.54. The average molecular weight is 212 g/mol. The number of H-pyrrole nitrogens is 1. The van der Waals surface area contributed by atoms with Crippen molar-refractivity contribution in [2.75, 3.05) is 0 Å². The first-order chi connectivity index (χ1) is 3.50. The fraction of sp³-hybridized carbons (Fsp3) is 0. The maximum Gasteiger partial charge on any atom is -0.00235 e. The summed E-state index contributed by atoms with van der Waals surface area (Å²) < 4.78 is 0. The maximum atomic E-state index is 3.54. The molecule has 0 aromatic carbocycles. The van der Waals surface area contributed by atoms with E-state index in [-0.39, 0.29) is 0 Å². The number of nitrogens with one attached hydrogen (secondary N) is 1. The summed E-state index contributed by atoms with van der Waals surface area (Å²) in [5.74, 6) is 0. The maximum absolute atomic E-state index is 3.54. The minimum atomic E-state index is 1.19. The summed E-state index contributed by atoms with van der Waals surface area (Å²) in [5, 5.41) is 0. The second-order valence-electron chi connectivity index (χ2n) is 0.701. The second kappa shape index (κ2) is 6.31. The van der Waals surface area contributed by atoms with Crippen LogP contribution in [0.25, 0.3) is 0 Å². The summed E-state index contributed by atoms with van der Waals surface area (Å²) in [6.45, 7) is 0. The standard InChI is InChI=1S/C3H3N2.BrH.Zn/c1-2-5-3-4-1;;/h1-2H,(H,4,5);1H;/q-1;;+2/p-1. The molecule has 0 bridgehead atoms. The molecule has 0 unspecified atom stereocenters. The molecule has 0 amide bonds.